The Morgan fingerprint density at radius 2 is 0.821 bits per heavy atom. The minimum Gasteiger partial charge on any atom is -0.822 e. The molecule has 4 aromatic rings. The van der Waals surface area contributed by atoms with Crippen molar-refractivity contribution in [2.45, 2.75) is 0 Å². The van der Waals surface area contributed by atoms with Crippen LogP contribution in [0.2, 0.25) is 0 Å². The summed E-state index contributed by atoms with van der Waals surface area (Å²) in [6.07, 6.45) is 12.4. The normalized spacial score (nSPS) is 10.7. The monoisotopic (exact) mass is 612 g/mol. The maximum Gasteiger partial charge on any atom is 1.00 e. The Morgan fingerprint density at radius 1 is 0.487 bits per heavy atom. The summed E-state index contributed by atoms with van der Waals surface area (Å²) in [6.45, 7) is 0. The summed E-state index contributed by atoms with van der Waals surface area (Å²) >= 11 is 0. The number of phosphoric acid groups is 1. The number of phenolic OH excluding ortho intramolecular Hbond substituents is 1. The number of rotatable bonds is 6. The van der Waals surface area contributed by atoms with Gasteiger partial charge in [0.1, 0.15) is 5.75 Å². The van der Waals surface area contributed by atoms with Crippen molar-refractivity contribution in [2.75, 3.05) is 0 Å². The fourth-order valence-corrected chi connectivity index (χ4v) is 3.39. The van der Waals surface area contributed by atoms with Crippen LogP contribution in [0.5, 0.6) is 5.75 Å². The molecule has 0 saturated carbocycles. The number of benzene rings is 4. The smallest absolute Gasteiger partial charge is 0.822 e. The van der Waals surface area contributed by atoms with Crippen molar-refractivity contribution in [2.24, 2.45) is 0 Å². The van der Waals surface area contributed by atoms with Gasteiger partial charge in [-0.2, -0.15) is 7.82 Å². The first-order chi connectivity index (χ1) is 17.3. The topological polar surface area (TPSA) is 106 Å². The molecule has 0 saturated heterocycles. The third-order valence-corrected chi connectivity index (χ3v) is 5.04. The van der Waals surface area contributed by atoms with E-state index in [4.69, 9.17) is 19.2 Å². The Hall–Kier alpha value is 0.919. The zero-order chi connectivity index (χ0) is 25.8. The molecule has 1 N–H and O–H groups in total. The molecular weight excluding hydrogens is 589 g/mol. The van der Waals surface area contributed by atoms with E-state index in [1.165, 1.54) is 0 Å². The average molecular weight is 613 g/mol. The second-order valence-electron chi connectivity index (χ2n) is 7.68. The maximum absolute atomic E-state index is 10.7. The van der Waals surface area contributed by atoms with Crippen molar-refractivity contribution >= 4 is 44.3 Å². The first-order valence-corrected chi connectivity index (χ1v) is 12.5. The predicted octanol–water partition coefficient (Wildman–Crippen LogP) is -3.91. The Balaban J connectivity index is 0.00000166. The van der Waals surface area contributed by atoms with Crippen LogP contribution in [0.15, 0.2) is 103 Å². The van der Waals surface area contributed by atoms with Crippen molar-refractivity contribution < 1.29 is 179 Å². The van der Waals surface area contributed by atoms with Gasteiger partial charge in [0, 0.05) is 5.56 Å². The Kier molecular flexibility index (Phi) is 22.1. The standard InChI is InChI=1S/C30H24O.3K.H3O4P/c31-30-23-20-27(19-16-24-10-4-1-5-11-24)28(21-17-25-12-6-2-7-13-25)29(30)22-18-26-14-8-3-9-15-26;;;;1-5(2,3)4/h1-23,31H;;;;(H3,1,2,3,4)/q;3*+1;/p-3. The van der Waals surface area contributed by atoms with Crippen LogP contribution in [0.4, 0.5) is 0 Å². The van der Waals surface area contributed by atoms with E-state index >= 15 is 0 Å². The van der Waals surface area contributed by atoms with E-state index in [0.29, 0.717) is 0 Å². The number of aromatic hydroxyl groups is 1. The Morgan fingerprint density at radius 3 is 1.21 bits per heavy atom. The van der Waals surface area contributed by atoms with Crippen LogP contribution >= 0.6 is 7.82 Å². The summed E-state index contributed by atoms with van der Waals surface area (Å²) < 4.78 is 8.55. The molecule has 0 bridgehead atoms. The van der Waals surface area contributed by atoms with Crippen LogP contribution in [0.25, 0.3) is 36.5 Å². The summed E-state index contributed by atoms with van der Waals surface area (Å²) in [6, 6.07) is 34.2. The molecule has 39 heavy (non-hydrogen) atoms. The van der Waals surface area contributed by atoms with Gasteiger partial charge in [0.15, 0.2) is 0 Å². The Bertz CT molecular complexity index is 1380. The van der Waals surface area contributed by atoms with Gasteiger partial charge in [-0.25, -0.2) is 0 Å². The van der Waals surface area contributed by atoms with Gasteiger partial charge >= 0.3 is 154 Å². The molecule has 4 rings (SSSR count). The summed E-state index contributed by atoms with van der Waals surface area (Å²) in [7, 11) is -5.39. The van der Waals surface area contributed by atoms with E-state index in [2.05, 4.69) is 48.6 Å². The van der Waals surface area contributed by atoms with Crippen molar-refractivity contribution in [3.05, 3.63) is 137 Å². The Labute approximate surface area is 357 Å². The van der Waals surface area contributed by atoms with Gasteiger partial charge in [-0.05, 0) is 33.9 Å². The fourth-order valence-electron chi connectivity index (χ4n) is 3.39. The second-order valence-corrected chi connectivity index (χ2v) is 8.57. The van der Waals surface area contributed by atoms with Crippen LogP contribution in [0.1, 0.15) is 33.4 Å². The quantitative estimate of drug-likeness (QED) is 0.136. The molecule has 5 nitrogen and oxygen atoms in total. The molecule has 0 atom stereocenters. The summed E-state index contributed by atoms with van der Waals surface area (Å²) in [5.41, 5.74) is 6.15. The zero-order valence-electron chi connectivity index (χ0n) is 22.3. The number of hydrogen-bond donors (Lipinski definition) is 1. The second kappa shape index (κ2) is 21.6. The van der Waals surface area contributed by atoms with Gasteiger partial charge < -0.3 is 24.4 Å². The van der Waals surface area contributed by atoms with Crippen LogP contribution in [0, 0.1) is 0 Å². The van der Waals surface area contributed by atoms with Crippen molar-refractivity contribution in [3.8, 4) is 5.75 Å². The van der Waals surface area contributed by atoms with E-state index in [1.807, 2.05) is 84.9 Å². The molecule has 9 heteroatoms. The predicted molar refractivity (Wildman–Crippen MR) is 142 cm³/mol. The minimum atomic E-state index is -5.39. The van der Waals surface area contributed by atoms with Gasteiger partial charge in [-0.3, -0.25) is 0 Å². The molecular formula is C30H24K3O5P. The molecule has 0 radical (unpaired) electrons. The molecule has 182 valence electrons. The molecule has 0 aliphatic heterocycles. The molecule has 4 aromatic carbocycles. The van der Waals surface area contributed by atoms with Crippen molar-refractivity contribution in [1.82, 2.24) is 0 Å². The van der Waals surface area contributed by atoms with E-state index < -0.39 is 7.82 Å². The first kappa shape index (κ1) is 39.9. The van der Waals surface area contributed by atoms with Crippen molar-refractivity contribution in [1.29, 1.82) is 0 Å². The van der Waals surface area contributed by atoms with Crippen LogP contribution in [-0.4, -0.2) is 5.11 Å². The van der Waals surface area contributed by atoms with Gasteiger partial charge in [0.25, 0.3) is 0 Å². The van der Waals surface area contributed by atoms with E-state index in [0.717, 1.165) is 33.4 Å². The zero-order valence-corrected chi connectivity index (χ0v) is 32.6. The number of hydrogen-bond acceptors (Lipinski definition) is 5. The van der Waals surface area contributed by atoms with E-state index in [-0.39, 0.29) is 160 Å². The molecule has 0 aromatic heterocycles. The summed E-state index contributed by atoms with van der Waals surface area (Å²) in [5, 5.41) is 10.7. The molecule has 0 amide bonds. The third kappa shape index (κ3) is 16.4. The largest absolute Gasteiger partial charge is 1.00 e. The molecule has 0 aliphatic rings. The van der Waals surface area contributed by atoms with Gasteiger partial charge in [-0.1, -0.05) is 134 Å². The molecule has 0 aliphatic carbocycles. The maximum atomic E-state index is 10.7. The van der Waals surface area contributed by atoms with Crippen molar-refractivity contribution in [3.63, 3.8) is 0 Å². The minimum absolute atomic E-state index is 0. The van der Waals surface area contributed by atoms with Gasteiger partial charge in [-0.15, -0.1) is 0 Å². The SMILES string of the molecule is O=P([O-])([O-])[O-].Oc1ccc(C=Cc2ccccc2)c(C=Cc2ccccc2)c1C=Cc1ccccc1.[K+].[K+].[K+]. The molecule has 0 heterocycles. The van der Waals surface area contributed by atoms with Gasteiger partial charge in [0.2, 0.25) is 0 Å². The van der Waals surface area contributed by atoms with E-state index in [1.54, 1.807) is 6.07 Å². The third-order valence-electron chi connectivity index (χ3n) is 5.04. The fraction of sp³-hybridized carbons (Fsp3) is 0. The summed E-state index contributed by atoms with van der Waals surface area (Å²) in [5.74, 6) is 0.261. The molecule has 0 spiro atoms. The van der Waals surface area contributed by atoms with Crippen LogP contribution in [0.3, 0.4) is 0 Å². The van der Waals surface area contributed by atoms with Gasteiger partial charge in [0.05, 0.1) is 0 Å². The average Bonchev–Trinajstić information content (AvgIpc) is 2.87. The molecule has 0 unspecified atom stereocenters. The van der Waals surface area contributed by atoms with Crippen LogP contribution < -0.4 is 169 Å². The summed E-state index contributed by atoms with van der Waals surface area (Å²) in [4.78, 5) is 25.6. The molecule has 0 fully saturated rings. The first-order valence-electron chi connectivity index (χ1n) is 11.1. The van der Waals surface area contributed by atoms with Crippen LogP contribution in [-0.2, 0) is 4.57 Å². The van der Waals surface area contributed by atoms with E-state index in [9.17, 15) is 5.11 Å². The number of phenols is 1.